The van der Waals surface area contributed by atoms with E-state index in [9.17, 15) is 9.59 Å². The van der Waals surface area contributed by atoms with Gasteiger partial charge in [0, 0.05) is 18.3 Å². The quantitative estimate of drug-likeness (QED) is 0.866. The van der Waals surface area contributed by atoms with Crippen molar-refractivity contribution in [3.63, 3.8) is 0 Å². The van der Waals surface area contributed by atoms with Crippen molar-refractivity contribution < 1.29 is 19.1 Å². The fraction of sp³-hybridized carbons (Fsp3) is 0.182. The van der Waals surface area contributed by atoms with E-state index in [-0.39, 0.29) is 17.4 Å². The van der Waals surface area contributed by atoms with Crippen LogP contribution >= 0.6 is 27.3 Å². The van der Waals surface area contributed by atoms with Gasteiger partial charge in [-0.3, -0.25) is 4.79 Å². The minimum Gasteiger partial charge on any atom is -0.476 e. The summed E-state index contributed by atoms with van der Waals surface area (Å²) in [4.78, 5) is 26.2. The van der Waals surface area contributed by atoms with Crippen LogP contribution in [0.25, 0.3) is 0 Å². The van der Waals surface area contributed by atoms with E-state index < -0.39 is 5.97 Å². The lowest BCUT2D eigenvalue weighted by atomic mass is 10.4. The molecule has 6 nitrogen and oxygen atoms in total. The van der Waals surface area contributed by atoms with Crippen LogP contribution < -0.4 is 5.32 Å². The monoisotopic (exact) mass is 344 g/mol. The smallest absolute Gasteiger partial charge is 0.355 e. The Kier molecular flexibility index (Phi) is 4.33. The van der Waals surface area contributed by atoms with Gasteiger partial charge in [-0.25, -0.2) is 9.78 Å². The molecule has 19 heavy (non-hydrogen) atoms. The van der Waals surface area contributed by atoms with Crippen LogP contribution in [0.4, 0.5) is 0 Å². The Morgan fingerprint density at radius 1 is 1.47 bits per heavy atom. The van der Waals surface area contributed by atoms with Crippen molar-refractivity contribution in [1.29, 1.82) is 0 Å². The maximum absolute atomic E-state index is 11.6. The number of carbonyl (C=O) groups excluding carboxylic acids is 1. The van der Waals surface area contributed by atoms with Crippen LogP contribution in [-0.4, -0.2) is 28.5 Å². The van der Waals surface area contributed by atoms with E-state index in [4.69, 9.17) is 9.52 Å². The highest BCUT2D eigenvalue weighted by molar-refractivity contribution is 9.10. The molecule has 0 aliphatic carbocycles. The molecule has 0 saturated carbocycles. The number of amides is 1. The number of nitrogens with one attached hydrogen (secondary N) is 1. The first-order valence-electron chi connectivity index (χ1n) is 5.27. The van der Waals surface area contributed by atoms with E-state index in [1.165, 1.54) is 16.7 Å². The van der Waals surface area contributed by atoms with E-state index in [0.29, 0.717) is 22.6 Å². The van der Waals surface area contributed by atoms with Crippen LogP contribution in [-0.2, 0) is 6.42 Å². The van der Waals surface area contributed by atoms with Gasteiger partial charge in [0.1, 0.15) is 0 Å². The number of aromatic carboxylic acids is 1. The van der Waals surface area contributed by atoms with Crippen LogP contribution in [0.1, 0.15) is 26.1 Å². The first kappa shape index (κ1) is 13.8. The van der Waals surface area contributed by atoms with Gasteiger partial charge >= 0.3 is 5.97 Å². The number of thiazole rings is 1. The number of carbonyl (C=O) groups is 2. The summed E-state index contributed by atoms with van der Waals surface area (Å²) in [7, 11) is 0. The molecule has 0 unspecified atom stereocenters. The number of hydrogen-bond acceptors (Lipinski definition) is 5. The third kappa shape index (κ3) is 3.65. The lowest BCUT2D eigenvalue weighted by molar-refractivity contribution is 0.0690. The van der Waals surface area contributed by atoms with E-state index in [1.54, 1.807) is 12.1 Å². The number of hydrogen-bond donors (Lipinski definition) is 2. The van der Waals surface area contributed by atoms with Crippen LogP contribution in [0.15, 0.2) is 26.6 Å². The number of rotatable bonds is 5. The Hall–Kier alpha value is -1.67. The minimum absolute atomic E-state index is 0.0290. The van der Waals surface area contributed by atoms with Crippen molar-refractivity contribution in [2.45, 2.75) is 6.42 Å². The second-order valence-electron chi connectivity index (χ2n) is 3.54. The Labute approximate surface area is 120 Å². The number of halogens is 1. The predicted octanol–water partition coefficient (Wildman–Crippen LogP) is 2.17. The van der Waals surface area contributed by atoms with Gasteiger partial charge in [-0.1, -0.05) is 0 Å². The van der Waals surface area contributed by atoms with Gasteiger partial charge < -0.3 is 14.8 Å². The van der Waals surface area contributed by atoms with Crippen LogP contribution in [0.2, 0.25) is 0 Å². The van der Waals surface area contributed by atoms with Gasteiger partial charge in [0.25, 0.3) is 5.91 Å². The Morgan fingerprint density at radius 3 is 2.84 bits per heavy atom. The summed E-state index contributed by atoms with van der Waals surface area (Å²) in [6.45, 7) is 0.365. The Morgan fingerprint density at radius 2 is 2.26 bits per heavy atom. The highest BCUT2D eigenvalue weighted by Crippen LogP contribution is 2.14. The van der Waals surface area contributed by atoms with Crippen molar-refractivity contribution in [3.05, 3.63) is 38.6 Å². The molecule has 0 aliphatic rings. The third-order valence-corrected chi connectivity index (χ3v) is 3.53. The van der Waals surface area contributed by atoms with Crippen molar-refractivity contribution >= 4 is 39.1 Å². The molecule has 0 atom stereocenters. The number of carboxylic acid groups (broad SMARTS) is 1. The second-order valence-corrected chi connectivity index (χ2v) is 5.27. The summed E-state index contributed by atoms with van der Waals surface area (Å²) in [6.07, 6.45) is 0.478. The van der Waals surface area contributed by atoms with Gasteiger partial charge in [-0.2, -0.15) is 0 Å². The fourth-order valence-electron chi connectivity index (χ4n) is 1.33. The molecular formula is C11H9BrN2O4S. The molecule has 2 N–H and O–H groups in total. The lowest BCUT2D eigenvalue weighted by Crippen LogP contribution is -2.25. The van der Waals surface area contributed by atoms with Crippen LogP contribution in [0.3, 0.4) is 0 Å². The van der Waals surface area contributed by atoms with Gasteiger partial charge in [0.2, 0.25) is 0 Å². The summed E-state index contributed by atoms with van der Waals surface area (Å²) < 4.78 is 5.59. The number of nitrogens with zero attached hydrogens (tertiary/aromatic N) is 1. The van der Waals surface area contributed by atoms with Crippen molar-refractivity contribution in [1.82, 2.24) is 10.3 Å². The topological polar surface area (TPSA) is 92.4 Å². The van der Waals surface area contributed by atoms with Crippen molar-refractivity contribution in [3.8, 4) is 0 Å². The number of carboxylic acids is 1. The minimum atomic E-state index is -1.05. The maximum atomic E-state index is 11.6. The molecule has 1 amide bonds. The Balaban J connectivity index is 1.83. The number of aromatic nitrogens is 1. The predicted molar refractivity (Wildman–Crippen MR) is 71.5 cm³/mol. The highest BCUT2D eigenvalue weighted by atomic mass is 79.9. The summed E-state index contributed by atoms with van der Waals surface area (Å²) >= 11 is 4.37. The van der Waals surface area contributed by atoms with Crippen molar-refractivity contribution in [2.24, 2.45) is 0 Å². The molecule has 0 radical (unpaired) electrons. The molecule has 0 bridgehead atoms. The third-order valence-electron chi connectivity index (χ3n) is 2.19. The summed E-state index contributed by atoms with van der Waals surface area (Å²) in [6, 6.07) is 3.19. The molecular weight excluding hydrogens is 336 g/mol. The largest absolute Gasteiger partial charge is 0.476 e. The lowest BCUT2D eigenvalue weighted by Gasteiger charge is -2.00. The molecule has 0 aromatic carbocycles. The fourth-order valence-corrected chi connectivity index (χ4v) is 2.41. The van der Waals surface area contributed by atoms with E-state index in [2.05, 4.69) is 26.2 Å². The SMILES string of the molecule is O=C(O)c1csc(CCNC(=O)c2ccc(Br)o2)n1. The summed E-state index contributed by atoms with van der Waals surface area (Å²) in [5.74, 6) is -1.15. The molecule has 100 valence electrons. The van der Waals surface area contributed by atoms with Crippen LogP contribution in [0.5, 0.6) is 0 Å². The average Bonchev–Trinajstić information content (AvgIpc) is 2.98. The standard InChI is InChI=1S/C11H9BrN2O4S/c12-8-2-1-7(18-8)10(15)13-4-3-9-14-6(5-19-9)11(16)17/h1-2,5H,3-4H2,(H,13,15)(H,16,17). The van der Waals surface area contributed by atoms with E-state index in [1.807, 2.05) is 0 Å². The molecule has 0 fully saturated rings. The second kappa shape index (κ2) is 5.98. The van der Waals surface area contributed by atoms with Crippen LogP contribution in [0, 0.1) is 0 Å². The highest BCUT2D eigenvalue weighted by Gasteiger charge is 2.11. The molecule has 2 aromatic heterocycles. The molecule has 2 heterocycles. The first-order valence-corrected chi connectivity index (χ1v) is 6.95. The summed E-state index contributed by atoms with van der Waals surface area (Å²) in [5.41, 5.74) is 0.0290. The molecule has 2 aromatic rings. The molecule has 2 rings (SSSR count). The van der Waals surface area contributed by atoms with Gasteiger partial charge in [-0.15, -0.1) is 11.3 Å². The van der Waals surface area contributed by atoms with Gasteiger partial charge in [0.15, 0.2) is 16.1 Å². The van der Waals surface area contributed by atoms with E-state index >= 15 is 0 Å². The zero-order valence-electron chi connectivity index (χ0n) is 9.55. The average molecular weight is 345 g/mol. The van der Waals surface area contributed by atoms with Crippen molar-refractivity contribution in [2.75, 3.05) is 6.54 Å². The zero-order chi connectivity index (χ0) is 13.8. The molecule has 0 saturated heterocycles. The molecule has 8 heteroatoms. The number of furan rings is 1. The van der Waals surface area contributed by atoms with Gasteiger partial charge in [0.05, 0.1) is 5.01 Å². The summed E-state index contributed by atoms with van der Waals surface area (Å²) in [5, 5.41) is 13.5. The molecule has 0 aliphatic heterocycles. The normalized spacial score (nSPS) is 10.4. The molecule has 0 spiro atoms. The first-order chi connectivity index (χ1) is 9.06. The zero-order valence-corrected chi connectivity index (χ0v) is 12.0. The Bertz CT molecular complexity index is 607. The van der Waals surface area contributed by atoms with E-state index in [0.717, 1.165) is 0 Å². The maximum Gasteiger partial charge on any atom is 0.355 e. The van der Waals surface area contributed by atoms with Gasteiger partial charge in [-0.05, 0) is 28.1 Å².